The Morgan fingerprint density at radius 3 is 2.70 bits per heavy atom. The minimum Gasteiger partial charge on any atom is -0.488 e. The van der Waals surface area contributed by atoms with Crippen LogP contribution in [0.4, 0.5) is 4.39 Å². The Hall–Kier alpha value is -1.39. The number of hydrogen-bond acceptors (Lipinski definition) is 2. The van der Waals surface area contributed by atoms with Crippen LogP contribution in [0.1, 0.15) is 29.7 Å². The Bertz CT molecular complexity index is 611. The molecule has 0 saturated carbocycles. The normalized spacial score (nSPS) is 12.2. The number of aliphatic hydroxyl groups is 1. The average Bonchev–Trinajstić information content (AvgIpc) is 2.40. The number of hydrogen-bond donors (Lipinski definition) is 1. The molecule has 0 aliphatic rings. The van der Waals surface area contributed by atoms with Crippen molar-refractivity contribution in [2.45, 2.75) is 26.6 Å². The van der Waals surface area contributed by atoms with Crippen molar-refractivity contribution < 1.29 is 14.2 Å². The molecule has 106 valence electrons. The van der Waals surface area contributed by atoms with Crippen LogP contribution in [-0.2, 0) is 6.61 Å². The molecule has 2 aromatic carbocycles. The van der Waals surface area contributed by atoms with E-state index in [1.807, 2.05) is 19.1 Å². The number of benzene rings is 2. The van der Waals surface area contributed by atoms with Gasteiger partial charge in [0.2, 0.25) is 0 Å². The zero-order valence-electron chi connectivity index (χ0n) is 11.4. The van der Waals surface area contributed by atoms with E-state index in [1.165, 1.54) is 6.07 Å². The smallest absolute Gasteiger partial charge is 0.129 e. The Morgan fingerprint density at radius 1 is 1.25 bits per heavy atom. The minimum absolute atomic E-state index is 0.119. The van der Waals surface area contributed by atoms with Gasteiger partial charge in [-0.05, 0) is 44.2 Å². The summed E-state index contributed by atoms with van der Waals surface area (Å²) in [5.74, 6) is 0.267. The van der Waals surface area contributed by atoms with Crippen molar-refractivity contribution in [1.29, 1.82) is 0 Å². The lowest BCUT2D eigenvalue weighted by molar-refractivity contribution is 0.189. The predicted molar refractivity (Wildman–Crippen MR) is 80.2 cm³/mol. The Labute approximate surface area is 126 Å². The van der Waals surface area contributed by atoms with E-state index in [2.05, 4.69) is 15.9 Å². The molecule has 1 atom stereocenters. The third kappa shape index (κ3) is 3.58. The third-order valence-corrected chi connectivity index (χ3v) is 3.50. The van der Waals surface area contributed by atoms with Crippen molar-refractivity contribution in [3.05, 3.63) is 63.4 Å². The van der Waals surface area contributed by atoms with Crippen molar-refractivity contribution in [1.82, 2.24) is 0 Å². The first-order chi connectivity index (χ1) is 9.47. The number of aryl methyl sites for hydroxylation is 1. The average molecular weight is 339 g/mol. The fourth-order valence-electron chi connectivity index (χ4n) is 1.94. The summed E-state index contributed by atoms with van der Waals surface area (Å²) >= 11 is 3.31. The first kappa shape index (κ1) is 15.0. The van der Waals surface area contributed by atoms with E-state index in [1.54, 1.807) is 25.1 Å². The summed E-state index contributed by atoms with van der Waals surface area (Å²) < 4.78 is 20.1. The summed E-state index contributed by atoms with van der Waals surface area (Å²) in [5, 5.41) is 9.76. The van der Waals surface area contributed by atoms with Gasteiger partial charge in [-0.2, -0.15) is 0 Å². The van der Waals surface area contributed by atoms with Gasteiger partial charge < -0.3 is 9.84 Å². The van der Waals surface area contributed by atoms with Gasteiger partial charge in [0, 0.05) is 15.6 Å². The highest BCUT2D eigenvalue weighted by molar-refractivity contribution is 9.10. The van der Waals surface area contributed by atoms with Crippen LogP contribution >= 0.6 is 15.9 Å². The largest absolute Gasteiger partial charge is 0.488 e. The Morgan fingerprint density at radius 2 is 2.00 bits per heavy atom. The highest BCUT2D eigenvalue weighted by atomic mass is 79.9. The van der Waals surface area contributed by atoms with Crippen LogP contribution in [0.5, 0.6) is 5.75 Å². The van der Waals surface area contributed by atoms with Gasteiger partial charge in [0.05, 0.1) is 6.10 Å². The van der Waals surface area contributed by atoms with E-state index < -0.39 is 6.10 Å². The molecule has 20 heavy (non-hydrogen) atoms. The summed E-state index contributed by atoms with van der Waals surface area (Å²) in [5.41, 5.74) is 2.22. The molecular formula is C16H16BrFO2. The molecule has 0 heterocycles. The second-order valence-corrected chi connectivity index (χ2v) is 5.66. The first-order valence-corrected chi connectivity index (χ1v) is 7.12. The van der Waals surface area contributed by atoms with Gasteiger partial charge in [0.1, 0.15) is 18.2 Å². The number of halogens is 2. The van der Waals surface area contributed by atoms with Gasteiger partial charge in [-0.1, -0.05) is 27.6 Å². The summed E-state index contributed by atoms with van der Waals surface area (Å²) in [7, 11) is 0. The van der Waals surface area contributed by atoms with E-state index in [4.69, 9.17) is 4.74 Å². The molecule has 0 aromatic heterocycles. The molecule has 0 fully saturated rings. The van der Waals surface area contributed by atoms with Gasteiger partial charge in [0.15, 0.2) is 0 Å². The van der Waals surface area contributed by atoms with Gasteiger partial charge in [0.25, 0.3) is 0 Å². The molecule has 4 heteroatoms. The van der Waals surface area contributed by atoms with Crippen molar-refractivity contribution >= 4 is 15.9 Å². The Kier molecular flexibility index (Phi) is 4.78. The summed E-state index contributed by atoms with van der Waals surface area (Å²) in [6.45, 7) is 3.75. The van der Waals surface area contributed by atoms with Crippen molar-refractivity contribution in [2.75, 3.05) is 0 Å². The van der Waals surface area contributed by atoms with Crippen LogP contribution < -0.4 is 4.74 Å². The maximum Gasteiger partial charge on any atom is 0.129 e. The van der Waals surface area contributed by atoms with E-state index in [0.717, 1.165) is 10.0 Å². The second kappa shape index (κ2) is 6.37. The van der Waals surface area contributed by atoms with Gasteiger partial charge >= 0.3 is 0 Å². The fraction of sp³-hybridized carbons (Fsp3) is 0.250. The topological polar surface area (TPSA) is 29.5 Å². The zero-order chi connectivity index (χ0) is 14.7. The number of ether oxygens (including phenoxy) is 1. The highest BCUT2D eigenvalue weighted by Gasteiger charge is 2.11. The van der Waals surface area contributed by atoms with Gasteiger partial charge in [-0.25, -0.2) is 4.39 Å². The molecule has 0 aliphatic heterocycles. The molecule has 2 rings (SSSR count). The molecular weight excluding hydrogens is 323 g/mol. The molecule has 0 bridgehead atoms. The molecule has 0 unspecified atom stereocenters. The van der Waals surface area contributed by atoms with Crippen LogP contribution in [0.15, 0.2) is 40.9 Å². The monoisotopic (exact) mass is 338 g/mol. The number of aliphatic hydroxyl groups excluding tert-OH is 1. The standard InChI is InChI=1S/C16H16BrFO2/c1-10-3-6-16(14(7-10)11(2)19)20-9-12-8-13(17)4-5-15(12)18/h3-8,11,19H,9H2,1-2H3/t11-/m1/s1. The Balaban J connectivity index is 2.20. The molecule has 0 saturated heterocycles. The lowest BCUT2D eigenvalue weighted by atomic mass is 10.1. The molecule has 0 amide bonds. The van der Waals surface area contributed by atoms with Crippen molar-refractivity contribution in [3.8, 4) is 5.75 Å². The second-order valence-electron chi connectivity index (χ2n) is 4.74. The van der Waals surface area contributed by atoms with Gasteiger partial charge in [-0.15, -0.1) is 0 Å². The minimum atomic E-state index is -0.628. The molecule has 1 N–H and O–H groups in total. The first-order valence-electron chi connectivity index (χ1n) is 6.32. The van der Waals surface area contributed by atoms with Crippen LogP contribution in [0.3, 0.4) is 0 Å². The lowest BCUT2D eigenvalue weighted by Gasteiger charge is -2.14. The SMILES string of the molecule is Cc1ccc(OCc2cc(Br)ccc2F)c([C@@H](C)O)c1. The summed E-state index contributed by atoms with van der Waals surface area (Å²) in [6.07, 6.45) is -0.628. The van der Waals surface area contributed by atoms with Crippen LogP contribution in [0, 0.1) is 12.7 Å². The summed E-state index contributed by atoms with van der Waals surface area (Å²) in [6, 6.07) is 10.3. The quantitative estimate of drug-likeness (QED) is 0.887. The molecule has 2 aromatic rings. The maximum atomic E-state index is 13.6. The molecule has 2 nitrogen and oxygen atoms in total. The predicted octanol–water partition coefficient (Wildman–Crippen LogP) is 4.53. The third-order valence-electron chi connectivity index (χ3n) is 3.01. The number of rotatable bonds is 4. The summed E-state index contributed by atoms with van der Waals surface area (Å²) in [4.78, 5) is 0. The van der Waals surface area contributed by atoms with E-state index in [0.29, 0.717) is 16.9 Å². The zero-order valence-corrected chi connectivity index (χ0v) is 12.9. The molecule has 0 spiro atoms. The highest BCUT2D eigenvalue weighted by Crippen LogP contribution is 2.27. The van der Waals surface area contributed by atoms with E-state index in [-0.39, 0.29) is 12.4 Å². The van der Waals surface area contributed by atoms with E-state index in [9.17, 15) is 9.50 Å². The lowest BCUT2D eigenvalue weighted by Crippen LogP contribution is -2.03. The van der Waals surface area contributed by atoms with Crippen LogP contribution in [-0.4, -0.2) is 5.11 Å². The van der Waals surface area contributed by atoms with Crippen molar-refractivity contribution in [3.63, 3.8) is 0 Å². The van der Waals surface area contributed by atoms with E-state index >= 15 is 0 Å². The van der Waals surface area contributed by atoms with Crippen LogP contribution in [0.2, 0.25) is 0 Å². The van der Waals surface area contributed by atoms with Crippen LogP contribution in [0.25, 0.3) is 0 Å². The van der Waals surface area contributed by atoms with Gasteiger partial charge in [-0.3, -0.25) is 0 Å². The molecule has 0 aliphatic carbocycles. The molecule has 0 radical (unpaired) electrons. The van der Waals surface area contributed by atoms with Crippen molar-refractivity contribution in [2.24, 2.45) is 0 Å². The fourth-order valence-corrected chi connectivity index (χ4v) is 2.34. The maximum absolute atomic E-state index is 13.6.